The number of thiophene rings is 1. The minimum atomic E-state index is 0.405. The number of halogens is 1. The Bertz CT molecular complexity index is 327. The number of nitrogens with one attached hydrogen (secondary N) is 1. The van der Waals surface area contributed by atoms with Crippen molar-refractivity contribution in [2.24, 2.45) is 5.73 Å². The Hall–Kier alpha value is -0.0900. The molecule has 0 bridgehead atoms. The smallest absolute Gasteiger partial charge is 0.0931 e. The topological polar surface area (TPSA) is 38.0 Å². The highest BCUT2D eigenvalue weighted by Gasteiger charge is 2.18. The van der Waals surface area contributed by atoms with Crippen molar-refractivity contribution in [3.63, 3.8) is 0 Å². The lowest BCUT2D eigenvalue weighted by molar-refractivity contribution is 0.341. The molecule has 0 saturated heterocycles. The summed E-state index contributed by atoms with van der Waals surface area (Å²) in [6.07, 6.45) is 5.94. The second-order valence-electron chi connectivity index (χ2n) is 4.53. The van der Waals surface area contributed by atoms with Crippen molar-refractivity contribution in [1.82, 2.24) is 5.32 Å². The molecule has 1 aromatic rings. The number of hydrogen-bond donors (Lipinski definition) is 2. The third-order valence-corrected chi connectivity index (χ3v) is 4.44. The largest absolute Gasteiger partial charge is 0.328 e. The molecule has 2 nitrogen and oxygen atoms in total. The fraction of sp³-hybridized carbons (Fsp3) is 0.667. The fourth-order valence-corrected chi connectivity index (χ4v) is 3.39. The van der Waals surface area contributed by atoms with Crippen LogP contribution in [0.2, 0.25) is 4.34 Å². The normalized spacial score (nSPS) is 25.9. The highest BCUT2D eigenvalue weighted by molar-refractivity contribution is 7.16. The second kappa shape index (κ2) is 6.01. The monoisotopic (exact) mass is 258 g/mol. The lowest BCUT2D eigenvalue weighted by atomic mass is 9.91. The van der Waals surface area contributed by atoms with Crippen molar-refractivity contribution in [2.75, 3.05) is 6.54 Å². The van der Waals surface area contributed by atoms with Gasteiger partial charge in [0.05, 0.1) is 4.34 Å². The van der Waals surface area contributed by atoms with Gasteiger partial charge < -0.3 is 11.1 Å². The quantitative estimate of drug-likeness (QED) is 0.872. The van der Waals surface area contributed by atoms with Gasteiger partial charge >= 0.3 is 0 Å². The zero-order valence-electron chi connectivity index (χ0n) is 9.42. The Kier molecular flexibility index (Phi) is 4.65. The predicted molar refractivity (Wildman–Crippen MR) is 71.3 cm³/mol. The van der Waals surface area contributed by atoms with E-state index in [1.54, 1.807) is 11.3 Å². The van der Waals surface area contributed by atoms with Gasteiger partial charge in [-0.2, -0.15) is 0 Å². The Balaban J connectivity index is 1.67. The third kappa shape index (κ3) is 3.74. The molecule has 2 atom stereocenters. The molecule has 0 aromatic carbocycles. The summed E-state index contributed by atoms with van der Waals surface area (Å²) in [6, 6.07) is 5.11. The van der Waals surface area contributed by atoms with Gasteiger partial charge in [-0.25, -0.2) is 0 Å². The van der Waals surface area contributed by atoms with E-state index in [-0.39, 0.29) is 0 Å². The van der Waals surface area contributed by atoms with Crippen molar-refractivity contribution in [3.8, 4) is 0 Å². The van der Waals surface area contributed by atoms with Gasteiger partial charge in [0.25, 0.3) is 0 Å². The SMILES string of the molecule is NC1CCCC(NCCc2ccc(Cl)s2)C1. The van der Waals surface area contributed by atoms with E-state index in [1.165, 1.54) is 24.1 Å². The molecule has 0 aliphatic heterocycles. The molecule has 4 heteroatoms. The molecule has 2 rings (SSSR count). The van der Waals surface area contributed by atoms with Crippen LogP contribution in [0.1, 0.15) is 30.6 Å². The van der Waals surface area contributed by atoms with Gasteiger partial charge in [-0.1, -0.05) is 18.0 Å². The van der Waals surface area contributed by atoms with Gasteiger partial charge in [0, 0.05) is 23.5 Å². The number of nitrogens with two attached hydrogens (primary N) is 1. The Morgan fingerprint density at radius 2 is 2.31 bits per heavy atom. The van der Waals surface area contributed by atoms with Gasteiger partial charge in [-0.3, -0.25) is 0 Å². The van der Waals surface area contributed by atoms with E-state index in [9.17, 15) is 0 Å². The van der Waals surface area contributed by atoms with Gasteiger partial charge in [0.1, 0.15) is 0 Å². The summed E-state index contributed by atoms with van der Waals surface area (Å²) >= 11 is 7.56. The van der Waals surface area contributed by atoms with Crippen LogP contribution < -0.4 is 11.1 Å². The van der Waals surface area contributed by atoms with Crippen molar-refractivity contribution in [3.05, 3.63) is 21.3 Å². The summed E-state index contributed by atoms with van der Waals surface area (Å²) in [4.78, 5) is 1.36. The number of rotatable bonds is 4. The molecule has 0 spiro atoms. The van der Waals surface area contributed by atoms with Gasteiger partial charge in [0.15, 0.2) is 0 Å². The molecule has 1 aliphatic carbocycles. The van der Waals surface area contributed by atoms with Crippen LogP contribution in [0, 0.1) is 0 Å². The maximum absolute atomic E-state index is 5.96. The van der Waals surface area contributed by atoms with Crippen LogP contribution in [0.25, 0.3) is 0 Å². The van der Waals surface area contributed by atoms with Crippen LogP contribution in [0.15, 0.2) is 12.1 Å². The number of hydrogen-bond acceptors (Lipinski definition) is 3. The minimum Gasteiger partial charge on any atom is -0.328 e. The summed E-state index contributed by atoms with van der Waals surface area (Å²) in [5.74, 6) is 0. The molecule has 90 valence electrons. The molecular weight excluding hydrogens is 240 g/mol. The Morgan fingerprint density at radius 3 is 3.00 bits per heavy atom. The van der Waals surface area contributed by atoms with E-state index in [2.05, 4.69) is 11.4 Å². The van der Waals surface area contributed by atoms with Crippen LogP contribution in [0.3, 0.4) is 0 Å². The van der Waals surface area contributed by atoms with Crippen LogP contribution >= 0.6 is 22.9 Å². The van der Waals surface area contributed by atoms with E-state index in [0.29, 0.717) is 12.1 Å². The molecule has 16 heavy (non-hydrogen) atoms. The molecule has 1 fully saturated rings. The molecule has 2 unspecified atom stereocenters. The van der Waals surface area contributed by atoms with Crippen LogP contribution in [0.5, 0.6) is 0 Å². The fourth-order valence-electron chi connectivity index (χ4n) is 2.30. The van der Waals surface area contributed by atoms with E-state index in [1.807, 2.05) is 6.07 Å². The van der Waals surface area contributed by atoms with Crippen LogP contribution in [-0.2, 0) is 6.42 Å². The first-order valence-electron chi connectivity index (χ1n) is 5.97. The second-order valence-corrected chi connectivity index (χ2v) is 6.33. The lowest BCUT2D eigenvalue weighted by Gasteiger charge is -2.27. The summed E-state index contributed by atoms with van der Waals surface area (Å²) in [6.45, 7) is 1.04. The Morgan fingerprint density at radius 1 is 1.44 bits per heavy atom. The first-order valence-corrected chi connectivity index (χ1v) is 7.16. The first kappa shape index (κ1) is 12.4. The van der Waals surface area contributed by atoms with Gasteiger partial charge in [-0.15, -0.1) is 11.3 Å². The van der Waals surface area contributed by atoms with Crippen molar-refractivity contribution in [2.45, 2.75) is 44.2 Å². The first-order chi connectivity index (χ1) is 7.74. The van der Waals surface area contributed by atoms with Crippen LogP contribution in [-0.4, -0.2) is 18.6 Å². The summed E-state index contributed by atoms with van der Waals surface area (Å²) < 4.78 is 0.884. The van der Waals surface area contributed by atoms with E-state index in [4.69, 9.17) is 17.3 Å². The highest BCUT2D eigenvalue weighted by atomic mass is 35.5. The minimum absolute atomic E-state index is 0.405. The molecule has 1 aliphatic rings. The molecule has 0 radical (unpaired) electrons. The maximum atomic E-state index is 5.96. The summed E-state index contributed by atoms with van der Waals surface area (Å²) in [5.41, 5.74) is 5.96. The third-order valence-electron chi connectivity index (χ3n) is 3.15. The van der Waals surface area contributed by atoms with Gasteiger partial charge in [-0.05, 0) is 37.8 Å². The predicted octanol–water partition coefficient (Wildman–Crippen LogP) is 2.80. The van der Waals surface area contributed by atoms with Crippen molar-refractivity contribution in [1.29, 1.82) is 0 Å². The van der Waals surface area contributed by atoms with Crippen molar-refractivity contribution < 1.29 is 0 Å². The summed E-state index contributed by atoms with van der Waals surface area (Å²) in [5, 5.41) is 3.59. The molecule has 1 aromatic heterocycles. The standard InChI is InChI=1S/C12H19ClN2S/c13-12-5-4-11(16-12)6-7-15-10-3-1-2-9(14)8-10/h4-5,9-10,15H,1-3,6-8,14H2. The average Bonchev–Trinajstić information content (AvgIpc) is 2.64. The zero-order chi connectivity index (χ0) is 11.4. The molecule has 0 amide bonds. The molecule has 1 saturated carbocycles. The highest BCUT2D eigenvalue weighted by Crippen LogP contribution is 2.22. The van der Waals surface area contributed by atoms with E-state index in [0.717, 1.165) is 23.7 Å². The zero-order valence-corrected chi connectivity index (χ0v) is 11.0. The van der Waals surface area contributed by atoms with Crippen LogP contribution in [0.4, 0.5) is 0 Å². The lowest BCUT2D eigenvalue weighted by Crippen LogP contribution is -2.40. The van der Waals surface area contributed by atoms with E-state index >= 15 is 0 Å². The average molecular weight is 259 g/mol. The molecule has 1 heterocycles. The molecular formula is C12H19ClN2S. The summed E-state index contributed by atoms with van der Waals surface area (Å²) in [7, 11) is 0. The molecule has 3 N–H and O–H groups in total. The van der Waals surface area contributed by atoms with Crippen molar-refractivity contribution >= 4 is 22.9 Å². The van der Waals surface area contributed by atoms with Gasteiger partial charge in [0.2, 0.25) is 0 Å². The van der Waals surface area contributed by atoms with E-state index < -0.39 is 0 Å². The maximum Gasteiger partial charge on any atom is 0.0931 e. The Labute approximate surface area is 106 Å².